The number of amidine groups is 1. The van der Waals surface area contributed by atoms with Crippen molar-refractivity contribution in [2.45, 2.75) is 38.0 Å². The molecule has 2 atom stereocenters. The van der Waals surface area contributed by atoms with Crippen LogP contribution in [-0.2, 0) is 9.53 Å². The van der Waals surface area contributed by atoms with Crippen molar-refractivity contribution >= 4 is 29.0 Å². The molecule has 0 aliphatic carbocycles. The number of nitrogens with one attached hydrogen (secondary N) is 2. The van der Waals surface area contributed by atoms with Crippen molar-refractivity contribution in [1.82, 2.24) is 14.7 Å². The molecule has 8 nitrogen and oxygen atoms in total. The van der Waals surface area contributed by atoms with Crippen LogP contribution in [0, 0.1) is 17.0 Å². The molecule has 1 amide bonds. The van der Waals surface area contributed by atoms with Gasteiger partial charge in [-0.25, -0.2) is 8.78 Å². The third-order valence-corrected chi connectivity index (χ3v) is 8.36. The molecule has 0 saturated carbocycles. The summed E-state index contributed by atoms with van der Waals surface area (Å²) in [6, 6.07) is 4.61. The zero-order valence-electron chi connectivity index (χ0n) is 23.4. The van der Waals surface area contributed by atoms with Gasteiger partial charge in [0.25, 0.3) is 0 Å². The van der Waals surface area contributed by atoms with Crippen LogP contribution in [-0.4, -0.2) is 97.6 Å². The van der Waals surface area contributed by atoms with Gasteiger partial charge >= 0.3 is 0 Å². The number of likely N-dealkylation sites (tertiary alicyclic amines) is 1. The number of piperazine rings is 1. The standard InChI is InChI=1S/C30H36ClF2N5O3/c1-4-26(39)37-11-12-38(18(2)15-37)30(34)23-14-24(31)27(22-6-5-19(32)13-25(22)33)29-28(23)35-20(17-41-29)16-40-21-7-9-36(3)10-8-21/h4-6,13-14,18,20-21,34-35H,1,7-12,15-17H2,2-3H3/t18-,20+/m0/s1. The van der Waals surface area contributed by atoms with Gasteiger partial charge in [-0.3, -0.25) is 10.2 Å². The number of benzene rings is 2. The predicted octanol–water partition coefficient (Wildman–Crippen LogP) is 4.61. The molecule has 3 heterocycles. The van der Waals surface area contributed by atoms with Crippen LogP contribution in [0.5, 0.6) is 5.75 Å². The first-order chi connectivity index (χ1) is 19.7. The summed E-state index contributed by atoms with van der Waals surface area (Å²) in [7, 11) is 2.10. The number of rotatable bonds is 6. The third-order valence-electron chi connectivity index (χ3n) is 8.07. The maximum atomic E-state index is 15.0. The summed E-state index contributed by atoms with van der Waals surface area (Å²) in [5, 5.41) is 12.9. The maximum absolute atomic E-state index is 15.0. The molecule has 0 aromatic heterocycles. The van der Waals surface area contributed by atoms with Gasteiger partial charge in [-0.1, -0.05) is 18.2 Å². The van der Waals surface area contributed by atoms with Crippen LogP contribution in [0.15, 0.2) is 36.9 Å². The predicted molar refractivity (Wildman–Crippen MR) is 156 cm³/mol. The molecule has 2 aromatic rings. The summed E-state index contributed by atoms with van der Waals surface area (Å²) >= 11 is 6.75. The number of carbonyl (C=O) groups excluding carboxylic acids is 1. The van der Waals surface area contributed by atoms with E-state index < -0.39 is 11.6 Å². The second kappa shape index (κ2) is 12.3. The first-order valence-corrected chi connectivity index (χ1v) is 14.3. The van der Waals surface area contributed by atoms with Gasteiger partial charge in [-0.05, 0) is 51.1 Å². The third kappa shape index (κ3) is 6.19. The van der Waals surface area contributed by atoms with Gasteiger partial charge in [0.05, 0.1) is 29.5 Å². The fourth-order valence-corrected chi connectivity index (χ4v) is 6.04. The minimum atomic E-state index is -0.759. The van der Waals surface area contributed by atoms with Gasteiger partial charge in [-0.2, -0.15) is 0 Å². The second-order valence-electron chi connectivity index (χ2n) is 11.0. The van der Waals surface area contributed by atoms with E-state index in [0.29, 0.717) is 48.8 Å². The molecule has 2 saturated heterocycles. The molecule has 2 N–H and O–H groups in total. The SMILES string of the molecule is C=CC(=O)N1CCN(C(=N)c2cc(Cl)c(-c3ccc(F)cc3F)c3c2N[C@H](COC2CCN(C)CC2)CO3)[C@@H](C)C1. The van der Waals surface area contributed by atoms with E-state index in [-0.39, 0.29) is 47.1 Å². The maximum Gasteiger partial charge on any atom is 0.246 e. The number of ether oxygens (including phenoxy) is 2. The van der Waals surface area contributed by atoms with Gasteiger partial charge in [0.2, 0.25) is 5.91 Å². The molecule has 0 radical (unpaired) electrons. The molecule has 2 aromatic carbocycles. The van der Waals surface area contributed by atoms with E-state index in [2.05, 4.69) is 23.8 Å². The Labute approximate surface area is 244 Å². The number of nitrogens with zero attached hydrogens (tertiary/aromatic N) is 3. The molecule has 3 aliphatic rings. The Hall–Kier alpha value is -3.21. The van der Waals surface area contributed by atoms with Crippen molar-refractivity contribution in [3.8, 4) is 16.9 Å². The van der Waals surface area contributed by atoms with Crippen molar-refractivity contribution in [3.05, 3.63) is 59.1 Å². The Balaban J connectivity index is 1.46. The minimum Gasteiger partial charge on any atom is -0.488 e. The first-order valence-electron chi connectivity index (χ1n) is 13.9. The van der Waals surface area contributed by atoms with Crippen LogP contribution >= 0.6 is 11.6 Å². The van der Waals surface area contributed by atoms with Crippen LogP contribution in [0.1, 0.15) is 25.3 Å². The highest BCUT2D eigenvalue weighted by Crippen LogP contribution is 2.47. The largest absolute Gasteiger partial charge is 0.488 e. The molecule has 41 heavy (non-hydrogen) atoms. The highest BCUT2D eigenvalue weighted by Gasteiger charge is 2.34. The molecule has 0 unspecified atom stereocenters. The van der Waals surface area contributed by atoms with Crippen molar-refractivity contribution in [3.63, 3.8) is 0 Å². The fraction of sp³-hybridized carbons (Fsp3) is 0.467. The van der Waals surface area contributed by atoms with Crippen LogP contribution in [0.4, 0.5) is 14.5 Å². The molecular formula is C30H36ClF2N5O3. The Kier molecular flexibility index (Phi) is 8.82. The van der Waals surface area contributed by atoms with Crippen LogP contribution < -0.4 is 10.1 Å². The smallest absolute Gasteiger partial charge is 0.246 e. The zero-order valence-corrected chi connectivity index (χ0v) is 24.1. The van der Waals surface area contributed by atoms with Crippen molar-refractivity contribution in [1.29, 1.82) is 5.41 Å². The number of halogens is 3. The minimum absolute atomic E-state index is 0.110. The lowest BCUT2D eigenvalue weighted by Crippen LogP contribution is -2.55. The lowest BCUT2D eigenvalue weighted by molar-refractivity contribution is -0.128. The van der Waals surface area contributed by atoms with E-state index in [4.69, 9.17) is 21.1 Å². The highest BCUT2D eigenvalue weighted by molar-refractivity contribution is 6.34. The molecule has 3 aliphatic heterocycles. The molecule has 0 spiro atoms. The van der Waals surface area contributed by atoms with Crippen molar-refractivity contribution < 1.29 is 23.0 Å². The summed E-state index contributed by atoms with van der Waals surface area (Å²) in [6.45, 7) is 9.49. The van der Waals surface area contributed by atoms with Crippen LogP contribution in [0.25, 0.3) is 11.1 Å². The van der Waals surface area contributed by atoms with E-state index in [1.165, 1.54) is 18.2 Å². The van der Waals surface area contributed by atoms with Crippen molar-refractivity contribution in [2.75, 3.05) is 58.3 Å². The van der Waals surface area contributed by atoms with E-state index in [0.717, 1.165) is 32.0 Å². The Bertz CT molecular complexity index is 1330. The Morgan fingerprint density at radius 2 is 2.00 bits per heavy atom. The number of piperidine rings is 1. The molecular weight excluding hydrogens is 552 g/mol. The normalized spacial score (nSPS) is 21.6. The van der Waals surface area contributed by atoms with E-state index >= 15 is 0 Å². The average Bonchev–Trinajstić information content (AvgIpc) is 2.96. The summed E-state index contributed by atoms with van der Waals surface area (Å²) in [5.74, 6) is -1.07. The number of hydrogen-bond donors (Lipinski definition) is 2. The molecule has 2 fully saturated rings. The van der Waals surface area contributed by atoms with E-state index in [1.54, 1.807) is 11.0 Å². The molecule has 0 bridgehead atoms. The Morgan fingerprint density at radius 1 is 1.24 bits per heavy atom. The van der Waals surface area contributed by atoms with E-state index in [9.17, 15) is 19.0 Å². The number of fused-ring (bicyclic) bond motifs is 1. The summed E-state index contributed by atoms with van der Waals surface area (Å²) < 4.78 is 41.2. The highest BCUT2D eigenvalue weighted by atomic mass is 35.5. The zero-order chi connectivity index (χ0) is 29.3. The lowest BCUT2D eigenvalue weighted by atomic mass is 9.97. The monoisotopic (exact) mass is 587 g/mol. The van der Waals surface area contributed by atoms with Gasteiger partial charge in [-0.15, -0.1) is 0 Å². The summed E-state index contributed by atoms with van der Waals surface area (Å²) in [5.41, 5.74) is 1.42. The quantitative estimate of drug-likeness (QED) is 0.292. The Morgan fingerprint density at radius 3 is 2.68 bits per heavy atom. The summed E-state index contributed by atoms with van der Waals surface area (Å²) in [6.07, 6.45) is 3.37. The van der Waals surface area contributed by atoms with Crippen LogP contribution in [0.2, 0.25) is 5.02 Å². The fourth-order valence-electron chi connectivity index (χ4n) is 5.74. The number of anilines is 1. The number of amides is 1. The molecule has 220 valence electrons. The van der Waals surface area contributed by atoms with Gasteiger partial charge < -0.3 is 29.5 Å². The van der Waals surface area contributed by atoms with Gasteiger partial charge in [0.15, 0.2) is 5.75 Å². The van der Waals surface area contributed by atoms with Gasteiger partial charge in [0.1, 0.15) is 24.1 Å². The first kappa shape index (κ1) is 29.3. The second-order valence-corrected chi connectivity index (χ2v) is 11.4. The number of hydrogen-bond acceptors (Lipinski definition) is 6. The van der Waals surface area contributed by atoms with E-state index in [1.807, 2.05) is 11.8 Å². The van der Waals surface area contributed by atoms with Crippen molar-refractivity contribution in [2.24, 2.45) is 0 Å². The molecule has 11 heteroatoms. The lowest BCUT2D eigenvalue weighted by Gasteiger charge is -2.41. The van der Waals surface area contributed by atoms with Gasteiger partial charge in [0, 0.05) is 61.5 Å². The number of carbonyl (C=O) groups is 1. The molecule has 5 rings (SSSR count). The summed E-state index contributed by atoms with van der Waals surface area (Å²) in [4.78, 5) is 18.1. The average molecular weight is 588 g/mol. The topological polar surface area (TPSA) is 81.1 Å². The van der Waals surface area contributed by atoms with Crippen LogP contribution in [0.3, 0.4) is 0 Å².